The molecule has 0 aliphatic heterocycles. The summed E-state index contributed by atoms with van der Waals surface area (Å²) in [7, 11) is 0. The van der Waals surface area contributed by atoms with Crippen LogP contribution < -0.4 is 0 Å². The Kier molecular flexibility index (Phi) is 19.9. The molecule has 0 N–H and O–H groups in total. The van der Waals surface area contributed by atoms with E-state index in [2.05, 4.69) is 12.6 Å². The Morgan fingerprint density at radius 3 is 1.75 bits per heavy atom. The summed E-state index contributed by atoms with van der Waals surface area (Å²) in [5.41, 5.74) is 0. The summed E-state index contributed by atoms with van der Waals surface area (Å²) in [6.07, 6.45) is 0. The van der Waals surface area contributed by atoms with Crippen LogP contribution in [0, 0.1) is 10.7 Å². The van der Waals surface area contributed by atoms with Crippen molar-refractivity contribution in [2.45, 2.75) is 0 Å². The van der Waals surface area contributed by atoms with Crippen molar-refractivity contribution in [3.05, 3.63) is 0 Å². The van der Waals surface area contributed by atoms with E-state index in [-0.39, 0.29) is 45.5 Å². The second-order valence-electron chi connectivity index (χ2n) is 0.100. The number of thiocyanates is 1. The van der Waals surface area contributed by atoms with Crippen molar-refractivity contribution in [3.63, 3.8) is 0 Å². The van der Waals surface area contributed by atoms with Crippen LogP contribution in [0.4, 0.5) is 0 Å². The molecule has 0 rings (SSSR count). The molecule has 4 heavy (non-hydrogen) atoms. The maximum absolute atomic E-state index is 7.18. The van der Waals surface area contributed by atoms with E-state index in [1.807, 2.05) is 0 Å². The predicted molar refractivity (Wildman–Crippen MR) is 20.4 cm³/mol. The smallest absolute Gasteiger partial charge is 0.130 e. The topological polar surface area (TPSA) is 23.8 Å². The molecule has 0 aromatic heterocycles. The standard InChI is InChI=1S/CHNS.Sr/c2-1-3;/h3H;. The monoisotopic (exact) mass is 147 g/mol. The van der Waals surface area contributed by atoms with E-state index in [0.29, 0.717) is 0 Å². The van der Waals surface area contributed by atoms with Gasteiger partial charge in [0.05, 0.1) is 0 Å². The fourth-order valence-corrected chi connectivity index (χ4v) is 0. The average Bonchev–Trinajstić information content (AvgIpc) is 0.918. The zero-order chi connectivity index (χ0) is 2.71. The number of nitrogens with zero attached hydrogens (tertiary/aromatic N) is 1. The third kappa shape index (κ3) is 10.3. The first kappa shape index (κ1) is 9.01. The Labute approximate surface area is 67.7 Å². The fourth-order valence-electron chi connectivity index (χ4n) is 0. The van der Waals surface area contributed by atoms with Crippen LogP contribution in [-0.4, -0.2) is 45.5 Å². The van der Waals surface area contributed by atoms with Gasteiger partial charge in [-0.2, -0.15) is 5.26 Å². The molecule has 0 atom stereocenters. The van der Waals surface area contributed by atoms with Gasteiger partial charge in [0.2, 0.25) is 0 Å². The first-order valence-corrected chi connectivity index (χ1v) is 0.894. The molecular formula is CHNSSr. The molecule has 3 heteroatoms. The summed E-state index contributed by atoms with van der Waals surface area (Å²) in [6, 6.07) is 0. The molecule has 0 unspecified atom stereocenters. The maximum atomic E-state index is 7.18. The van der Waals surface area contributed by atoms with Gasteiger partial charge in [0.1, 0.15) is 5.40 Å². The number of nitriles is 1. The summed E-state index contributed by atoms with van der Waals surface area (Å²) >= 11 is 3.09. The van der Waals surface area contributed by atoms with Crippen molar-refractivity contribution >= 4 is 58.1 Å². The Balaban J connectivity index is 0. The Bertz CT molecular complexity index is 29.5. The van der Waals surface area contributed by atoms with E-state index in [4.69, 9.17) is 5.26 Å². The molecule has 0 bridgehead atoms. The molecule has 0 aromatic carbocycles. The number of rotatable bonds is 0. The Hall–Kier alpha value is 1.32. The SMILES string of the molecule is N#CS.[Sr]. The van der Waals surface area contributed by atoms with Gasteiger partial charge < -0.3 is 0 Å². The molecule has 0 heterocycles. The molecule has 0 aliphatic rings. The molecule has 0 fully saturated rings. The second-order valence-corrected chi connectivity index (χ2v) is 0.300. The Morgan fingerprint density at radius 2 is 1.75 bits per heavy atom. The number of thiol groups is 1. The van der Waals surface area contributed by atoms with Gasteiger partial charge in [0, 0.05) is 45.5 Å². The van der Waals surface area contributed by atoms with Gasteiger partial charge in [-0.25, -0.2) is 0 Å². The molecule has 18 valence electrons. The van der Waals surface area contributed by atoms with Crippen LogP contribution in [-0.2, 0) is 0 Å². The first-order chi connectivity index (χ1) is 1.41. The van der Waals surface area contributed by atoms with Crippen LogP contribution in [0.1, 0.15) is 0 Å². The minimum atomic E-state index is 0. The molecule has 0 aromatic rings. The first-order valence-electron chi connectivity index (χ1n) is 0.447. The summed E-state index contributed by atoms with van der Waals surface area (Å²) in [5.74, 6) is 0. The van der Waals surface area contributed by atoms with Gasteiger partial charge in [-0.3, -0.25) is 0 Å². The Morgan fingerprint density at radius 1 is 1.75 bits per heavy atom. The molecule has 1 nitrogen and oxygen atoms in total. The largest absolute Gasteiger partial charge is 0.185 e. The summed E-state index contributed by atoms with van der Waals surface area (Å²) in [5, 5.41) is 8.63. The van der Waals surface area contributed by atoms with Gasteiger partial charge >= 0.3 is 0 Å². The molecule has 0 spiro atoms. The van der Waals surface area contributed by atoms with Crippen molar-refractivity contribution < 1.29 is 0 Å². The summed E-state index contributed by atoms with van der Waals surface area (Å²) in [4.78, 5) is 0. The zero-order valence-corrected chi connectivity index (χ0v) is 6.47. The molecule has 0 aliphatic carbocycles. The predicted octanol–water partition coefficient (Wildman–Crippen LogP) is 0.0165. The van der Waals surface area contributed by atoms with Crippen LogP contribution in [0.15, 0.2) is 0 Å². The summed E-state index contributed by atoms with van der Waals surface area (Å²) < 4.78 is 0. The second kappa shape index (κ2) is 8.85. The van der Waals surface area contributed by atoms with Crippen LogP contribution in [0.3, 0.4) is 0 Å². The van der Waals surface area contributed by atoms with Gasteiger partial charge in [-0.15, -0.1) is 0 Å². The van der Waals surface area contributed by atoms with Gasteiger partial charge in [0.15, 0.2) is 0 Å². The van der Waals surface area contributed by atoms with Crippen molar-refractivity contribution in [2.24, 2.45) is 0 Å². The van der Waals surface area contributed by atoms with Crippen LogP contribution in [0.2, 0.25) is 0 Å². The minimum absolute atomic E-state index is 0. The van der Waals surface area contributed by atoms with Gasteiger partial charge in [-0.1, -0.05) is 12.6 Å². The fraction of sp³-hybridized carbons (Fsp3) is 0. The number of hydrogen-bond donors (Lipinski definition) is 1. The third-order valence-electron chi connectivity index (χ3n) is 0. The summed E-state index contributed by atoms with van der Waals surface area (Å²) in [6.45, 7) is 0. The van der Waals surface area contributed by atoms with Crippen LogP contribution in [0.25, 0.3) is 0 Å². The van der Waals surface area contributed by atoms with Crippen molar-refractivity contribution in [1.29, 1.82) is 5.26 Å². The van der Waals surface area contributed by atoms with Crippen LogP contribution in [0.5, 0.6) is 0 Å². The van der Waals surface area contributed by atoms with E-state index in [1.54, 1.807) is 0 Å². The van der Waals surface area contributed by atoms with E-state index in [1.165, 1.54) is 5.40 Å². The van der Waals surface area contributed by atoms with Gasteiger partial charge in [0.25, 0.3) is 0 Å². The third-order valence-corrected chi connectivity index (χ3v) is 0. The quantitative estimate of drug-likeness (QED) is 0.291. The normalized spacial score (nSPS) is 2.00. The minimum Gasteiger partial charge on any atom is -0.185 e. The van der Waals surface area contributed by atoms with Crippen molar-refractivity contribution in [2.75, 3.05) is 0 Å². The molecule has 0 saturated carbocycles. The zero-order valence-electron chi connectivity index (χ0n) is 2.10. The average molecular weight is 147 g/mol. The van der Waals surface area contributed by atoms with Crippen molar-refractivity contribution in [1.82, 2.24) is 0 Å². The van der Waals surface area contributed by atoms with Gasteiger partial charge in [-0.05, 0) is 0 Å². The number of hydrogen-bond acceptors (Lipinski definition) is 2. The molecule has 2 radical (unpaired) electrons. The molecule has 0 saturated heterocycles. The van der Waals surface area contributed by atoms with Crippen LogP contribution >= 0.6 is 12.6 Å². The van der Waals surface area contributed by atoms with Crippen molar-refractivity contribution in [3.8, 4) is 5.40 Å². The molecule has 0 amide bonds. The van der Waals surface area contributed by atoms with E-state index < -0.39 is 0 Å². The van der Waals surface area contributed by atoms with E-state index in [0.717, 1.165) is 0 Å². The van der Waals surface area contributed by atoms with E-state index in [9.17, 15) is 0 Å². The molecular weight excluding hydrogens is 146 g/mol. The van der Waals surface area contributed by atoms with E-state index >= 15 is 0 Å². The maximum Gasteiger partial charge on any atom is 0.130 e.